The van der Waals surface area contributed by atoms with Gasteiger partial charge < -0.3 is 0 Å². The Labute approximate surface area is 135 Å². The van der Waals surface area contributed by atoms with Crippen molar-refractivity contribution in [2.45, 2.75) is 25.0 Å². The summed E-state index contributed by atoms with van der Waals surface area (Å²) in [4.78, 5) is 0. The monoisotopic (exact) mass is 307 g/mol. The van der Waals surface area contributed by atoms with E-state index in [1.807, 2.05) is 11.8 Å². The lowest BCUT2D eigenvalue weighted by Crippen LogP contribution is -2.37. The maximum absolute atomic E-state index is 2.40. The van der Waals surface area contributed by atoms with E-state index in [-0.39, 0.29) is 0 Å². The van der Waals surface area contributed by atoms with Crippen LogP contribution in [0.2, 0.25) is 0 Å². The van der Waals surface area contributed by atoms with E-state index in [0.29, 0.717) is 0 Å². The standard InChI is InChI=1S/C19H19N2S/c1-15-8-10-16(11-9-15)18-14-20-12-5-13-22-19(20)21(18)17-6-3-2-4-7-17/h2-4,6-11,14H,5,12-13H2,1H3/q+1. The summed E-state index contributed by atoms with van der Waals surface area (Å²) < 4.78 is 4.80. The largest absolute Gasteiger partial charge is 0.323 e. The third-order valence-corrected chi connectivity index (χ3v) is 5.26. The second kappa shape index (κ2) is 5.65. The quantitative estimate of drug-likeness (QED) is 0.643. The van der Waals surface area contributed by atoms with Gasteiger partial charge in [0.1, 0.15) is 11.9 Å². The Morgan fingerprint density at radius 1 is 1.00 bits per heavy atom. The Bertz CT molecular complexity index is 788. The molecule has 3 aromatic rings. The van der Waals surface area contributed by atoms with Crippen LogP contribution in [0.15, 0.2) is 66.0 Å². The van der Waals surface area contributed by atoms with Crippen molar-refractivity contribution >= 4 is 11.8 Å². The first kappa shape index (κ1) is 13.6. The highest BCUT2D eigenvalue weighted by atomic mass is 32.2. The number of aromatic nitrogens is 2. The van der Waals surface area contributed by atoms with Crippen molar-refractivity contribution in [3.05, 3.63) is 66.4 Å². The number of hydrogen-bond donors (Lipinski definition) is 0. The molecule has 1 aliphatic heterocycles. The number of imidazole rings is 1. The first-order chi connectivity index (χ1) is 10.8. The lowest BCUT2D eigenvalue weighted by atomic mass is 10.1. The third-order valence-electron chi connectivity index (χ3n) is 4.09. The van der Waals surface area contributed by atoms with Crippen molar-refractivity contribution in [3.63, 3.8) is 0 Å². The minimum Gasteiger partial charge on any atom is -0.224 e. The van der Waals surface area contributed by atoms with Crippen LogP contribution >= 0.6 is 11.8 Å². The highest BCUT2D eigenvalue weighted by Gasteiger charge is 2.28. The van der Waals surface area contributed by atoms with Gasteiger partial charge in [0.05, 0.1) is 6.54 Å². The van der Waals surface area contributed by atoms with Gasteiger partial charge in [-0.15, -0.1) is 0 Å². The molecule has 0 saturated carbocycles. The summed E-state index contributed by atoms with van der Waals surface area (Å²) in [5.74, 6) is 1.20. The first-order valence-corrected chi connectivity index (χ1v) is 8.72. The van der Waals surface area contributed by atoms with Crippen molar-refractivity contribution in [2.75, 3.05) is 5.75 Å². The van der Waals surface area contributed by atoms with Gasteiger partial charge in [-0.1, -0.05) is 48.0 Å². The molecular formula is C19H19N2S+. The molecule has 0 radical (unpaired) electrons. The summed E-state index contributed by atoms with van der Waals surface area (Å²) in [5.41, 5.74) is 5.09. The van der Waals surface area contributed by atoms with Gasteiger partial charge in [-0.25, -0.2) is 4.57 Å². The Kier molecular flexibility index (Phi) is 3.51. The molecule has 4 rings (SSSR count). The number of para-hydroxylation sites is 1. The molecule has 3 heteroatoms. The number of benzene rings is 2. The van der Waals surface area contributed by atoms with E-state index in [1.165, 1.54) is 39.8 Å². The molecule has 1 aliphatic rings. The molecule has 0 N–H and O–H groups in total. The zero-order chi connectivity index (χ0) is 14.9. The number of fused-ring (bicyclic) bond motifs is 1. The Morgan fingerprint density at radius 2 is 1.77 bits per heavy atom. The molecule has 0 spiro atoms. The van der Waals surface area contributed by atoms with Crippen LogP contribution in [0.25, 0.3) is 16.9 Å². The fourth-order valence-corrected chi connectivity index (χ4v) is 4.05. The average Bonchev–Trinajstić information content (AvgIpc) is 2.96. The van der Waals surface area contributed by atoms with Crippen LogP contribution in [0.5, 0.6) is 0 Å². The average molecular weight is 307 g/mol. The molecule has 0 atom stereocenters. The summed E-state index contributed by atoms with van der Waals surface area (Å²) in [6.45, 7) is 3.25. The minimum atomic E-state index is 1.11. The van der Waals surface area contributed by atoms with Crippen molar-refractivity contribution in [3.8, 4) is 16.9 Å². The van der Waals surface area contributed by atoms with E-state index < -0.39 is 0 Å². The molecule has 2 nitrogen and oxygen atoms in total. The third kappa shape index (κ3) is 2.35. The molecule has 0 amide bonds. The zero-order valence-electron chi connectivity index (χ0n) is 12.7. The van der Waals surface area contributed by atoms with E-state index in [9.17, 15) is 0 Å². The first-order valence-electron chi connectivity index (χ1n) is 7.73. The normalized spacial score (nSPS) is 13.9. The van der Waals surface area contributed by atoms with Gasteiger partial charge in [0.15, 0.2) is 5.69 Å². The minimum absolute atomic E-state index is 1.11. The van der Waals surface area contributed by atoms with Crippen LogP contribution in [0.4, 0.5) is 0 Å². The zero-order valence-corrected chi connectivity index (χ0v) is 13.5. The molecule has 0 bridgehead atoms. The predicted octanol–water partition coefficient (Wildman–Crippen LogP) is 4.24. The summed E-state index contributed by atoms with van der Waals surface area (Å²) in [6.07, 6.45) is 3.55. The molecule has 110 valence electrons. The van der Waals surface area contributed by atoms with Crippen LogP contribution in [0.1, 0.15) is 12.0 Å². The highest BCUT2D eigenvalue weighted by molar-refractivity contribution is 7.99. The van der Waals surface area contributed by atoms with E-state index in [2.05, 4.69) is 76.9 Å². The lowest BCUT2D eigenvalue weighted by Gasteiger charge is -2.09. The van der Waals surface area contributed by atoms with Gasteiger partial charge in [0, 0.05) is 11.3 Å². The van der Waals surface area contributed by atoms with Crippen molar-refractivity contribution in [1.82, 2.24) is 4.57 Å². The van der Waals surface area contributed by atoms with E-state index in [0.717, 1.165) is 6.54 Å². The second-order valence-electron chi connectivity index (χ2n) is 5.73. The second-order valence-corrected chi connectivity index (χ2v) is 6.79. The van der Waals surface area contributed by atoms with Crippen LogP contribution in [0.3, 0.4) is 0 Å². The van der Waals surface area contributed by atoms with Gasteiger partial charge in [-0.3, -0.25) is 0 Å². The van der Waals surface area contributed by atoms with E-state index in [1.54, 1.807) is 0 Å². The SMILES string of the molecule is Cc1ccc(-c2c[n+]3c(n2-c2ccccc2)SCCC3)cc1. The number of nitrogens with zero attached hydrogens (tertiary/aromatic N) is 2. The number of hydrogen-bond acceptors (Lipinski definition) is 1. The van der Waals surface area contributed by atoms with E-state index >= 15 is 0 Å². The molecular weight excluding hydrogens is 288 g/mol. The predicted molar refractivity (Wildman–Crippen MR) is 91.5 cm³/mol. The van der Waals surface area contributed by atoms with Crippen molar-refractivity contribution in [1.29, 1.82) is 0 Å². The van der Waals surface area contributed by atoms with Gasteiger partial charge in [-0.05, 0) is 37.2 Å². The van der Waals surface area contributed by atoms with Gasteiger partial charge in [0.25, 0.3) is 0 Å². The smallest absolute Gasteiger partial charge is 0.224 e. The molecule has 0 saturated heterocycles. The molecule has 2 heterocycles. The van der Waals surface area contributed by atoms with Gasteiger partial charge in [-0.2, -0.15) is 4.57 Å². The maximum atomic E-state index is 2.40. The number of thioether (sulfide) groups is 1. The molecule has 22 heavy (non-hydrogen) atoms. The van der Waals surface area contributed by atoms with Crippen molar-refractivity contribution in [2.24, 2.45) is 0 Å². The lowest BCUT2D eigenvalue weighted by molar-refractivity contribution is -0.734. The van der Waals surface area contributed by atoms with E-state index in [4.69, 9.17) is 0 Å². The van der Waals surface area contributed by atoms with Gasteiger partial charge in [0.2, 0.25) is 0 Å². The summed E-state index contributed by atoms with van der Waals surface area (Å²) in [6, 6.07) is 19.5. The summed E-state index contributed by atoms with van der Waals surface area (Å²) >= 11 is 1.95. The molecule has 0 fully saturated rings. The van der Waals surface area contributed by atoms with Gasteiger partial charge >= 0.3 is 5.16 Å². The molecule has 2 aromatic carbocycles. The van der Waals surface area contributed by atoms with Crippen LogP contribution in [0, 0.1) is 6.92 Å². The van der Waals surface area contributed by atoms with Crippen molar-refractivity contribution < 1.29 is 4.57 Å². The molecule has 0 unspecified atom stereocenters. The maximum Gasteiger partial charge on any atom is 0.323 e. The Morgan fingerprint density at radius 3 is 2.55 bits per heavy atom. The Hall–Kier alpha value is -2.00. The van der Waals surface area contributed by atoms with Crippen LogP contribution < -0.4 is 4.57 Å². The number of aryl methyl sites for hydroxylation is 2. The molecule has 0 aliphatic carbocycles. The van der Waals surface area contributed by atoms with Crippen LogP contribution in [-0.4, -0.2) is 10.3 Å². The summed E-state index contributed by atoms with van der Waals surface area (Å²) in [7, 11) is 0. The topological polar surface area (TPSA) is 8.81 Å². The fraction of sp³-hybridized carbons (Fsp3) is 0.211. The number of rotatable bonds is 2. The molecule has 1 aromatic heterocycles. The fourth-order valence-electron chi connectivity index (χ4n) is 2.95. The Balaban J connectivity index is 1.94. The van der Waals surface area contributed by atoms with Crippen LogP contribution in [-0.2, 0) is 6.54 Å². The summed E-state index contributed by atoms with van der Waals surface area (Å²) in [5, 5.41) is 1.34. The highest BCUT2D eigenvalue weighted by Crippen LogP contribution is 2.31.